The number of nitrogens with zero attached hydrogens (tertiary/aromatic N) is 3. The highest BCUT2D eigenvalue weighted by Crippen LogP contribution is 2.26. The van der Waals surface area contributed by atoms with E-state index in [2.05, 4.69) is 15.2 Å². The molecule has 0 aliphatic carbocycles. The van der Waals surface area contributed by atoms with E-state index >= 15 is 0 Å². The molecule has 0 saturated carbocycles. The van der Waals surface area contributed by atoms with Crippen LogP contribution in [0.15, 0.2) is 69.9 Å². The van der Waals surface area contributed by atoms with Gasteiger partial charge in [-0.3, -0.25) is 14.2 Å². The van der Waals surface area contributed by atoms with Crippen molar-refractivity contribution < 1.29 is 13.2 Å². The van der Waals surface area contributed by atoms with Gasteiger partial charge in [0.15, 0.2) is 15.6 Å². The van der Waals surface area contributed by atoms with E-state index < -0.39 is 21.4 Å². The number of likely N-dealkylation sites (tertiary alicyclic amines) is 1. The van der Waals surface area contributed by atoms with Crippen LogP contribution in [0.5, 0.6) is 0 Å². The molecule has 0 radical (unpaired) electrons. The van der Waals surface area contributed by atoms with Crippen molar-refractivity contribution in [2.45, 2.75) is 23.5 Å². The molecule has 0 amide bonds. The van der Waals surface area contributed by atoms with Crippen LogP contribution in [0.3, 0.4) is 0 Å². The number of thiophene rings is 1. The van der Waals surface area contributed by atoms with Gasteiger partial charge in [0.2, 0.25) is 0 Å². The van der Waals surface area contributed by atoms with Crippen LogP contribution < -0.4 is 10.9 Å². The lowest BCUT2D eigenvalue weighted by Gasteiger charge is -2.15. The van der Waals surface area contributed by atoms with Crippen LogP contribution >= 0.6 is 22.9 Å². The molecule has 1 aromatic carbocycles. The molecule has 4 aromatic rings. The van der Waals surface area contributed by atoms with Crippen molar-refractivity contribution in [3.05, 3.63) is 81.2 Å². The molecule has 1 saturated heterocycles. The maximum absolute atomic E-state index is 13.2. The predicted octanol–water partition coefficient (Wildman–Crippen LogP) is 4.19. The van der Waals surface area contributed by atoms with Crippen LogP contribution in [0, 0.1) is 0 Å². The molecule has 198 valence electrons. The fourth-order valence-electron chi connectivity index (χ4n) is 4.59. The van der Waals surface area contributed by atoms with E-state index in [1.165, 1.54) is 35.7 Å². The lowest BCUT2D eigenvalue weighted by molar-refractivity contribution is -0.116. The number of carbonyl (C=O) groups excluding carboxylic acids is 1. The van der Waals surface area contributed by atoms with Gasteiger partial charge in [-0.2, -0.15) is 0 Å². The molecular formula is C27H27ClN4O4S2. The molecule has 11 heteroatoms. The summed E-state index contributed by atoms with van der Waals surface area (Å²) in [4.78, 5) is 32.4. The smallest absolute Gasteiger partial charge is 0.264 e. The summed E-state index contributed by atoms with van der Waals surface area (Å²) in [6.07, 6.45) is 5.64. The molecule has 3 aromatic heterocycles. The molecule has 0 atom stereocenters. The maximum atomic E-state index is 13.2. The Hall–Kier alpha value is -3.05. The molecule has 4 heterocycles. The van der Waals surface area contributed by atoms with Gasteiger partial charge in [-0.1, -0.05) is 17.7 Å². The molecule has 38 heavy (non-hydrogen) atoms. The first-order valence-electron chi connectivity index (χ1n) is 12.4. The van der Waals surface area contributed by atoms with E-state index in [9.17, 15) is 18.0 Å². The lowest BCUT2D eigenvalue weighted by Crippen LogP contribution is -2.26. The largest absolute Gasteiger partial charge is 0.384 e. The Morgan fingerprint density at radius 2 is 1.89 bits per heavy atom. The van der Waals surface area contributed by atoms with Crippen molar-refractivity contribution in [2.75, 3.05) is 37.2 Å². The summed E-state index contributed by atoms with van der Waals surface area (Å²) in [5.74, 6) is -0.635. The van der Waals surface area contributed by atoms with Gasteiger partial charge < -0.3 is 10.2 Å². The minimum absolute atomic E-state index is 0.0741. The summed E-state index contributed by atoms with van der Waals surface area (Å²) in [6, 6.07) is 13.8. The zero-order valence-electron chi connectivity index (χ0n) is 20.6. The van der Waals surface area contributed by atoms with Crippen molar-refractivity contribution in [1.82, 2.24) is 14.5 Å². The number of hydrogen-bond donors (Lipinski definition) is 1. The Kier molecular flexibility index (Phi) is 7.94. The fraction of sp³-hybridized carbons (Fsp3) is 0.296. The normalized spacial score (nSPS) is 14.2. The standard InChI is InChI=1S/C27H27ClN4O4S2/c28-24-6-8-26(37-24)38(35,36)18-22(33)15-19-3-7-25(30-17-19)32-13-9-20-16-21(4-5-23(20)27(32)34)29-10-14-31-11-1-2-12-31/h3-9,13,16-17,29H,1-2,10-12,14-15,18H2. The average molecular weight is 571 g/mol. The molecule has 1 N–H and O–H groups in total. The number of nitrogens with one attached hydrogen (secondary N) is 1. The molecule has 0 unspecified atom stereocenters. The third-order valence-corrected chi connectivity index (χ3v) is 10.0. The average Bonchev–Trinajstić information content (AvgIpc) is 3.57. The van der Waals surface area contributed by atoms with Crippen molar-refractivity contribution in [3.8, 4) is 5.82 Å². The highest BCUT2D eigenvalue weighted by molar-refractivity contribution is 7.94. The Balaban J connectivity index is 1.24. The fourth-order valence-corrected chi connectivity index (χ4v) is 7.40. The van der Waals surface area contributed by atoms with Gasteiger partial charge in [-0.15, -0.1) is 11.3 Å². The number of Topliss-reactive ketones (excluding diaryl/α,β-unsaturated/α-hetero) is 1. The zero-order chi connectivity index (χ0) is 26.7. The number of pyridine rings is 2. The van der Waals surface area contributed by atoms with Gasteiger partial charge in [-0.05, 0) is 79.3 Å². The summed E-state index contributed by atoms with van der Waals surface area (Å²) in [7, 11) is -3.74. The molecular weight excluding hydrogens is 544 g/mol. The number of anilines is 1. The molecule has 1 aliphatic rings. The second kappa shape index (κ2) is 11.4. The zero-order valence-corrected chi connectivity index (χ0v) is 23.0. The molecule has 1 fully saturated rings. The molecule has 0 bridgehead atoms. The number of hydrogen-bond acceptors (Lipinski definition) is 8. The first-order chi connectivity index (χ1) is 18.3. The van der Waals surface area contributed by atoms with Crippen molar-refractivity contribution in [1.29, 1.82) is 0 Å². The molecule has 8 nitrogen and oxygen atoms in total. The topological polar surface area (TPSA) is 101 Å². The van der Waals surface area contributed by atoms with E-state index in [4.69, 9.17) is 11.6 Å². The van der Waals surface area contributed by atoms with E-state index in [1.807, 2.05) is 24.3 Å². The Morgan fingerprint density at radius 3 is 2.61 bits per heavy atom. The van der Waals surface area contributed by atoms with E-state index in [0.29, 0.717) is 21.1 Å². The highest BCUT2D eigenvalue weighted by Gasteiger charge is 2.21. The predicted molar refractivity (Wildman–Crippen MR) is 152 cm³/mol. The summed E-state index contributed by atoms with van der Waals surface area (Å²) < 4.78 is 26.7. The second-order valence-corrected chi connectivity index (χ2v) is 13.3. The Bertz CT molecular complexity index is 1630. The number of carbonyl (C=O) groups is 1. The van der Waals surface area contributed by atoms with E-state index in [-0.39, 0.29) is 16.2 Å². The van der Waals surface area contributed by atoms with Gasteiger partial charge in [-0.25, -0.2) is 13.4 Å². The number of sulfone groups is 1. The second-order valence-electron chi connectivity index (χ2n) is 9.33. The number of fused-ring (bicyclic) bond motifs is 1. The minimum atomic E-state index is -3.74. The Morgan fingerprint density at radius 1 is 1.08 bits per heavy atom. The highest BCUT2D eigenvalue weighted by atomic mass is 35.5. The van der Waals surface area contributed by atoms with Crippen LogP contribution in [-0.4, -0.2) is 60.6 Å². The van der Waals surface area contributed by atoms with Crippen molar-refractivity contribution in [3.63, 3.8) is 0 Å². The van der Waals surface area contributed by atoms with Crippen LogP contribution in [-0.2, 0) is 21.1 Å². The Labute approximate surface area is 229 Å². The third kappa shape index (κ3) is 6.15. The first kappa shape index (κ1) is 26.6. The number of aromatic nitrogens is 2. The minimum Gasteiger partial charge on any atom is -0.384 e. The van der Waals surface area contributed by atoms with Crippen LogP contribution in [0.25, 0.3) is 16.6 Å². The summed E-state index contributed by atoms with van der Waals surface area (Å²) in [6.45, 7) is 4.19. The molecule has 0 spiro atoms. The monoisotopic (exact) mass is 570 g/mol. The van der Waals surface area contributed by atoms with Crippen molar-refractivity contribution >= 4 is 55.0 Å². The van der Waals surface area contributed by atoms with Gasteiger partial charge in [0, 0.05) is 43.0 Å². The number of halogens is 1. The SMILES string of the molecule is O=C(Cc1ccc(-n2ccc3cc(NCCN4CCCC4)ccc3c2=O)nc1)CS(=O)(=O)c1ccc(Cl)s1. The van der Waals surface area contributed by atoms with Gasteiger partial charge in [0.1, 0.15) is 15.8 Å². The van der Waals surface area contributed by atoms with Crippen LogP contribution in [0.1, 0.15) is 18.4 Å². The van der Waals surface area contributed by atoms with E-state index in [0.717, 1.165) is 48.6 Å². The quantitative estimate of drug-likeness (QED) is 0.305. The number of ketones is 1. The summed E-state index contributed by atoms with van der Waals surface area (Å²) in [5, 5.41) is 4.86. The lowest BCUT2D eigenvalue weighted by atomic mass is 10.1. The van der Waals surface area contributed by atoms with Gasteiger partial charge >= 0.3 is 0 Å². The number of rotatable bonds is 10. The van der Waals surface area contributed by atoms with Crippen molar-refractivity contribution in [2.24, 2.45) is 0 Å². The van der Waals surface area contributed by atoms with Gasteiger partial charge in [0.05, 0.1) is 4.34 Å². The first-order valence-corrected chi connectivity index (χ1v) is 15.2. The number of benzene rings is 1. The molecule has 5 rings (SSSR count). The summed E-state index contributed by atoms with van der Waals surface area (Å²) in [5.41, 5.74) is 1.35. The third-order valence-electron chi connectivity index (χ3n) is 6.52. The van der Waals surface area contributed by atoms with E-state index in [1.54, 1.807) is 18.3 Å². The van der Waals surface area contributed by atoms with Crippen LogP contribution in [0.2, 0.25) is 4.34 Å². The van der Waals surface area contributed by atoms with Gasteiger partial charge in [0.25, 0.3) is 5.56 Å². The maximum Gasteiger partial charge on any atom is 0.264 e. The summed E-state index contributed by atoms with van der Waals surface area (Å²) >= 11 is 6.75. The molecule has 1 aliphatic heterocycles. The van der Waals surface area contributed by atoms with Crippen LogP contribution in [0.4, 0.5) is 5.69 Å².